The van der Waals surface area contributed by atoms with Gasteiger partial charge in [0.1, 0.15) is 17.6 Å². The molecule has 0 saturated carbocycles. The summed E-state index contributed by atoms with van der Waals surface area (Å²) in [4.78, 5) is 27.3. The highest BCUT2D eigenvalue weighted by Gasteiger charge is 2.36. The van der Waals surface area contributed by atoms with E-state index >= 15 is 0 Å². The van der Waals surface area contributed by atoms with Crippen LogP contribution in [-0.2, 0) is 16.0 Å². The van der Waals surface area contributed by atoms with Gasteiger partial charge in [0, 0.05) is 42.8 Å². The van der Waals surface area contributed by atoms with Crippen LogP contribution in [0.5, 0.6) is 23.0 Å². The molecule has 3 aliphatic heterocycles. The maximum Gasteiger partial charge on any atom is 0.231 e. The number of anilines is 2. The van der Waals surface area contributed by atoms with Crippen molar-refractivity contribution >= 4 is 23.2 Å². The minimum atomic E-state index is -0.472. The predicted molar refractivity (Wildman–Crippen MR) is 113 cm³/mol. The van der Waals surface area contributed by atoms with Crippen molar-refractivity contribution in [2.75, 3.05) is 30.2 Å². The van der Waals surface area contributed by atoms with Gasteiger partial charge in [-0.2, -0.15) is 0 Å². The van der Waals surface area contributed by atoms with E-state index in [2.05, 4.69) is 5.32 Å². The molecular weight excluding hydrogens is 400 g/mol. The fourth-order valence-corrected chi connectivity index (χ4v) is 4.23. The molecule has 0 unspecified atom stereocenters. The number of ether oxygens (including phenoxy) is 4. The summed E-state index contributed by atoms with van der Waals surface area (Å²) >= 11 is 0. The Morgan fingerprint density at radius 3 is 2.84 bits per heavy atom. The van der Waals surface area contributed by atoms with Gasteiger partial charge in [-0.1, -0.05) is 0 Å². The molecule has 8 nitrogen and oxygen atoms in total. The molecule has 8 heteroatoms. The summed E-state index contributed by atoms with van der Waals surface area (Å²) in [5.74, 6) is 1.84. The third-order valence-corrected chi connectivity index (χ3v) is 5.72. The number of carbonyl (C=O) groups excluding carboxylic acids is 2. The number of nitrogens with one attached hydrogen (secondary N) is 1. The van der Waals surface area contributed by atoms with Crippen LogP contribution in [0.1, 0.15) is 25.8 Å². The summed E-state index contributed by atoms with van der Waals surface area (Å²) in [5, 5.41) is 2.95. The van der Waals surface area contributed by atoms with Gasteiger partial charge in [0.15, 0.2) is 11.5 Å². The molecule has 1 saturated heterocycles. The van der Waals surface area contributed by atoms with Crippen LogP contribution < -0.4 is 29.2 Å². The van der Waals surface area contributed by atoms with Gasteiger partial charge in [-0.05, 0) is 32.0 Å². The number of carbonyl (C=O) groups is 2. The van der Waals surface area contributed by atoms with Crippen LogP contribution in [0.25, 0.3) is 0 Å². The first-order valence-electron chi connectivity index (χ1n) is 10.5. The van der Waals surface area contributed by atoms with E-state index in [-0.39, 0.29) is 31.1 Å². The minimum absolute atomic E-state index is 0.0955. The molecule has 2 amide bonds. The van der Waals surface area contributed by atoms with Gasteiger partial charge in [-0.3, -0.25) is 9.59 Å². The van der Waals surface area contributed by atoms with Gasteiger partial charge in [-0.15, -0.1) is 0 Å². The zero-order valence-electron chi connectivity index (χ0n) is 17.5. The van der Waals surface area contributed by atoms with Crippen molar-refractivity contribution in [1.29, 1.82) is 0 Å². The lowest BCUT2D eigenvalue weighted by molar-refractivity contribution is -0.122. The lowest BCUT2D eigenvalue weighted by atomic mass is 10.1. The molecule has 0 spiro atoms. The summed E-state index contributed by atoms with van der Waals surface area (Å²) in [7, 11) is 0. The van der Waals surface area contributed by atoms with Crippen molar-refractivity contribution in [2.24, 2.45) is 5.92 Å². The van der Waals surface area contributed by atoms with Crippen molar-refractivity contribution in [3.05, 3.63) is 35.9 Å². The van der Waals surface area contributed by atoms with Crippen molar-refractivity contribution in [1.82, 2.24) is 0 Å². The Kier molecular flexibility index (Phi) is 4.84. The Balaban J connectivity index is 1.32. The summed E-state index contributed by atoms with van der Waals surface area (Å²) in [6.07, 6.45) is 1.05. The Morgan fingerprint density at radius 2 is 2.00 bits per heavy atom. The second-order valence-corrected chi connectivity index (χ2v) is 7.95. The van der Waals surface area contributed by atoms with Gasteiger partial charge in [-0.25, -0.2) is 0 Å². The highest BCUT2D eigenvalue weighted by atomic mass is 16.7. The van der Waals surface area contributed by atoms with Crippen molar-refractivity contribution in [2.45, 2.75) is 32.8 Å². The van der Waals surface area contributed by atoms with E-state index in [1.165, 1.54) is 0 Å². The number of amides is 2. The molecule has 2 atom stereocenters. The van der Waals surface area contributed by atoms with E-state index in [0.717, 1.165) is 17.7 Å². The Morgan fingerprint density at radius 1 is 1.16 bits per heavy atom. The molecule has 1 N–H and O–H groups in total. The summed E-state index contributed by atoms with van der Waals surface area (Å²) in [5.41, 5.74) is 2.33. The third-order valence-electron chi connectivity index (χ3n) is 5.72. The van der Waals surface area contributed by atoms with Gasteiger partial charge in [0.2, 0.25) is 18.6 Å². The standard InChI is InChI=1S/C23H24N2O6/c1-3-28-20-7-14-6-13(2)31-19(14)10-17(20)24-23(27)15-8-22(26)25(11-15)16-4-5-18-21(9-16)30-12-29-18/h4-5,7,9-10,13,15H,3,6,8,11-12H2,1-2H3,(H,24,27)/t13-,15-/m0/s1. The molecule has 0 aliphatic carbocycles. The molecule has 2 aromatic rings. The number of benzene rings is 2. The molecule has 162 valence electrons. The quantitative estimate of drug-likeness (QED) is 0.794. The molecule has 3 aliphatic rings. The number of hydrogen-bond donors (Lipinski definition) is 1. The Bertz CT molecular complexity index is 1050. The topological polar surface area (TPSA) is 86.3 Å². The van der Waals surface area contributed by atoms with Crippen molar-refractivity contribution in [3.8, 4) is 23.0 Å². The van der Waals surface area contributed by atoms with Gasteiger partial charge in [0.25, 0.3) is 0 Å². The maximum atomic E-state index is 13.0. The van der Waals surface area contributed by atoms with E-state index in [1.54, 1.807) is 23.1 Å². The average molecular weight is 424 g/mol. The van der Waals surface area contributed by atoms with Crippen LogP contribution in [0, 0.1) is 5.92 Å². The zero-order valence-corrected chi connectivity index (χ0v) is 17.5. The fourth-order valence-electron chi connectivity index (χ4n) is 4.23. The van der Waals surface area contributed by atoms with Crippen molar-refractivity contribution in [3.63, 3.8) is 0 Å². The Labute approximate surface area is 180 Å². The number of nitrogens with zero attached hydrogens (tertiary/aromatic N) is 1. The molecule has 31 heavy (non-hydrogen) atoms. The van der Waals surface area contributed by atoms with Gasteiger partial charge in [0.05, 0.1) is 18.2 Å². The average Bonchev–Trinajstić information content (AvgIpc) is 3.45. The Hall–Kier alpha value is -3.42. The van der Waals surface area contributed by atoms with Gasteiger partial charge < -0.3 is 29.2 Å². The van der Waals surface area contributed by atoms with Crippen LogP contribution in [0.4, 0.5) is 11.4 Å². The first kappa shape index (κ1) is 19.5. The lowest BCUT2D eigenvalue weighted by Crippen LogP contribution is -2.28. The van der Waals surface area contributed by atoms with E-state index < -0.39 is 5.92 Å². The molecule has 5 rings (SSSR count). The van der Waals surface area contributed by atoms with Crippen LogP contribution in [-0.4, -0.2) is 37.9 Å². The number of hydrogen-bond acceptors (Lipinski definition) is 6. The van der Waals surface area contributed by atoms with Crippen LogP contribution in [0.3, 0.4) is 0 Å². The summed E-state index contributed by atoms with van der Waals surface area (Å²) < 4.78 is 22.3. The van der Waals surface area contributed by atoms with E-state index in [1.807, 2.05) is 26.0 Å². The van der Waals surface area contributed by atoms with Gasteiger partial charge >= 0.3 is 0 Å². The molecule has 2 aromatic carbocycles. The second-order valence-electron chi connectivity index (χ2n) is 7.95. The highest BCUT2D eigenvalue weighted by Crippen LogP contribution is 2.39. The lowest BCUT2D eigenvalue weighted by Gasteiger charge is -2.18. The minimum Gasteiger partial charge on any atom is -0.492 e. The zero-order chi connectivity index (χ0) is 21.5. The van der Waals surface area contributed by atoms with E-state index in [9.17, 15) is 9.59 Å². The van der Waals surface area contributed by atoms with E-state index in [4.69, 9.17) is 18.9 Å². The second kappa shape index (κ2) is 7.68. The smallest absolute Gasteiger partial charge is 0.231 e. The third kappa shape index (κ3) is 3.62. The molecule has 0 aromatic heterocycles. The number of fused-ring (bicyclic) bond motifs is 2. The van der Waals surface area contributed by atoms with Crippen LogP contribution in [0.2, 0.25) is 0 Å². The summed E-state index contributed by atoms with van der Waals surface area (Å²) in [6.45, 7) is 4.86. The maximum absolute atomic E-state index is 13.0. The van der Waals surface area contributed by atoms with Crippen molar-refractivity contribution < 1.29 is 28.5 Å². The van der Waals surface area contributed by atoms with Crippen LogP contribution in [0.15, 0.2) is 30.3 Å². The predicted octanol–water partition coefficient (Wildman–Crippen LogP) is 3.13. The molecule has 3 heterocycles. The highest BCUT2D eigenvalue weighted by molar-refractivity contribution is 6.04. The van der Waals surface area contributed by atoms with E-state index in [0.29, 0.717) is 41.8 Å². The summed E-state index contributed by atoms with van der Waals surface area (Å²) in [6, 6.07) is 9.09. The molecule has 0 bridgehead atoms. The SMILES string of the molecule is CCOc1cc2c(cc1NC(=O)[C@H]1CC(=O)N(c3ccc4c(c3)OCO4)C1)O[C@@H](C)C2. The normalized spacial score (nSPS) is 21.1. The monoisotopic (exact) mass is 424 g/mol. The molecular formula is C23H24N2O6. The molecule has 1 fully saturated rings. The largest absolute Gasteiger partial charge is 0.492 e. The fraction of sp³-hybridized carbons (Fsp3) is 0.391. The first-order valence-corrected chi connectivity index (χ1v) is 10.5. The molecule has 0 radical (unpaired) electrons. The number of rotatable bonds is 5. The van der Waals surface area contributed by atoms with Crippen LogP contribution >= 0.6 is 0 Å². The first-order chi connectivity index (χ1) is 15.0.